The fraction of sp³-hybridized carbons (Fsp3) is 0.0476. The Morgan fingerprint density at radius 1 is 1.03 bits per heavy atom. The van der Waals surface area contributed by atoms with Crippen molar-refractivity contribution in [2.75, 3.05) is 6.26 Å². The number of carboxylic acids is 1. The molecule has 2 aromatic carbocycles. The summed E-state index contributed by atoms with van der Waals surface area (Å²) in [6.45, 7) is 0. The Morgan fingerprint density at radius 2 is 1.81 bits per heavy atom. The normalized spacial score (nSPS) is 11.4. The van der Waals surface area contributed by atoms with Crippen LogP contribution in [0, 0.1) is 0 Å². The van der Waals surface area contributed by atoms with Gasteiger partial charge in [0.2, 0.25) is 5.43 Å². The minimum Gasteiger partial charge on any atom is -0.478 e. The summed E-state index contributed by atoms with van der Waals surface area (Å²) in [4.78, 5) is 24.3. The minimum absolute atomic E-state index is 0.0181. The molecule has 0 spiro atoms. The summed E-state index contributed by atoms with van der Waals surface area (Å²) in [5.74, 6) is -1.13. The maximum absolute atomic E-state index is 12.6. The number of aromatic carboxylic acids is 1. The predicted molar refractivity (Wildman–Crippen MR) is 112 cm³/mol. The molecule has 2 heterocycles. The molecule has 0 unspecified atom stereocenters. The molecular weight excluding hydrogens is 420 g/mol. The second-order valence-corrected chi connectivity index (χ2v) is 8.71. The molecule has 156 valence electrons. The number of rotatable bonds is 5. The van der Waals surface area contributed by atoms with Gasteiger partial charge in [-0.05, 0) is 36.4 Å². The summed E-state index contributed by atoms with van der Waals surface area (Å²) >= 11 is 0. The van der Waals surface area contributed by atoms with Crippen molar-refractivity contribution in [2.24, 2.45) is 0 Å². The number of para-hydroxylation sites is 1. The highest BCUT2D eigenvalue weighted by atomic mass is 32.2. The maximum Gasteiger partial charge on any atom is 0.337 e. The molecule has 0 radical (unpaired) electrons. The molecule has 0 saturated carbocycles. The van der Waals surface area contributed by atoms with Crippen molar-refractivity contribution in [3.05, 3.63) is 88.8 Å². The predicted octanol–water partition coefficient (Wildman–Crippen LogP) is 2.19. The number of hydrogen-bond donors (Lipinski definition) is 1. The lowest BCUT2D eigenvalue weighted by Crippen LogP contribution is -2.16. The molecule has 1 N–H and O–H groups in total. The topological polar surface area (TPSA) is 124 Å². The third-order valence-corrected chi connectivity index (χ3v) is 5.68. The van der Waals surface area contributed by atoms with Gasteiger partial charge in [-0.25, -0.2) is 22.6 Å². The molecule has 31 heavy (non-hydrogen) atoms. The van der Waals surface area contributed by atoms with Crippen molar-refractivity contribution < 1.29 is 18.3 Å². The summed E-state index contributed by atoms with van der Waals surface area (Å²) < 4.78 is 26.5. The van der Waals surface area contributed by atoms with Crippen molar-refractivity contribution in [3.63, 3.8) is 0 Å². The first-order chi connectivity index (χ1) is 14.8. The molecular formula is C21H16N4O5S. The number of carbonyl (C=O) groups is 1. The zero-order valence-corrected chi connectivity index (χ0v) is 17.0. The molecule has 0 aliphatic rings. The van der Waals surface area contributed by atoms with E-state index in [-0.39, 0.29) is 21.8 Å². The van der Waals surface area contributed by atoms with Crippen LogP contribution >= 0.6 is 0 Å². The summed E-state index contributed by atoms with van der Waals surface area (Å²) in [6.07, 6.45) is 3.98. The van der Waals surface area contributed by atoms with Gasteiger partial charge in [-0.2, -0.15) is 10.2 Å². The lowest BCUT2D eigenvalue weighted by Gasteiger charge is -2.11. The number of carboxylic acid groups (broad SMARTS) is 1. The summed E-state index contributed by atoms with van der Waals surface area (Å²) in [6, 6.07) is 15.3. The van der Waals surface area contributed by atoms with E-state index in [1.54, 1.807) is 36.4 Å². The van der Waals surface area contributed by atoms with E-state index in [0.717, 1.165) is 6.26 Å². The SMILES string of the molecule is CS(=O)(=O)c1cccc(-n2ccc(=O)c(-c3ccnn3-c3ccccc3C(=O)O)n2)c1. The average molecular weight is 436 g/mol. The van der Waals surface area contributed by atoms with Crippen LogP contribution in [0.2, 0.25) is 0 Å². The van der Waals surface area contributed by atoms with Gasteiger partial charge in [0.15, 0.2) is 15.5 Å². The lowest BCUT2D eigenvalue weighted by atomic mass is 10.1. The summed E-state index contributed by atoms with van der Waals surface area (Å²) in [5, 5.41) is 18.0. The molecule has 10 heteroatoms. The van der Waals surface area contributed by atoms with Crippen LogP contribution in [0.15, 0.2) is 82.7 Å². The quantitative estimate of drug-likeness (QED) is 0.508. The van der Waals surface area contributed by atoms with Crippen molar-refractivity contribution in [3.8, 4) is 22.8 Å². The molecule has 2 aromatic heterocycles. The van der Waals surface area contributed by atoms with E-state index in [2.05, 4.69) is 10.2 Å². The highest BCUT2D eigenvalue weighted by Gasteiger charge is 2.18. The molecule has 0 bridgehead atoms. The molecule has 9 nitrogen and oxygen atoms in total. The number of sulfone groups is 1. The van der Waals surface area contributed by atoms with Gasteiger partial charge in [0.25, 0.3) is 0 Å². The van der Waals surface area contributed by atoms with Crippen LogP contribution in [0.25, 0.3) is 22.8 Å². The van der Waals surface area contributed by atoms with Crippen LogP contribution < -0.4 is 5.43 Å². The Morgan fingerprint density at radius 3 is 2.55 bits per heavy atom. The zero-order chi connectivity index (χ0) is 22.2. The zero-order valence-electron chi connectivity index (χ0n) is 16.2. The van der Waals surface area contributed by atoms with Crippen LogP contribution in [0.5, 0.6) is 0 Å². The first-order valence-corrected chi connectivity index (χ1v) is 10.9. The Bertz CT molecular complexity index is 1470. The van der Waals surface area contributed by atoms with Crippen LogP contribution in [0.3, 0.4) is 0 Å². The van der Waals surface area contributed by atoms with Crippen molar-refractivity contribution in [1.29, 1.82) is 0 Å². The van der Waals surface area contributed by atoms with Gasteiger partial charge in [0.05, 0.1) is 33.7 Å². The first-order valence-electron chi connectivity index (χ1n) is 9.03. The van der Waals surface area contributed by atoms with Crippen molar-refractivity contribution >= 4 is 15.8 Å². The van der Waals surface area contributed by atoms with E-state index in [4.69, 9.17) is 0 Å². The van der Waals surface area contributed by atoms with Crippen molar-refractivity contribution in [1.82, 2.24) is 19.6 Å². The molecule has 0 atom stereocenters. The Balaban J connectivity index is 1.88. The van der Waals surface area contributed by atoms with Gasteiger partial charge in [0.1, 0.15) is 0 Å². The summed E-state index contributed by atoms with van der Waals surface area (Å²) in [7, 11) is -3.42. The molecule has 0 saturated heterocycles. The van der Waals surface area contributed by atoms with E-state index in [9.17, 15) is 23.1 Å². The molecule has 4 rings (SSSR count). The average Bonchev–Trinajstić information content (AvgIpc) is 3.23. The van der Waals surface area contributed by atoms with E-state index in [1.807, 2.05) is 0 Å². The van der Waals surface area contributed by atoms with E-state index in [1.165, 1.54) is 46.0 Å². The highest BCUT2D eigenvalue weighted by Crippen LogP contribution is 2.22. The number of benzene rings is 2. The molecule has 0 fully saturated rings. The van der Waals surface area contributed by atoms with Gasteiger partial charge in [-0.1, -0.05) is 18.2 Å². The van der Waals surface area contributed by atoms with Gasteiger partial charge >= 0.3 is 5.97 Å². The van der Waals surface area contributed by atoms with Gasteiger partial charge < -0.3 is 5.11 Å². The Labute approximate surface area is 176 Å². The van der Waals surface area contributed by atoms with Crippen molar-refractivity contribution in [2.45, 2.75) is 4.90 Å². The highest BCUT2D eigenvalue weighted by molar-refractivity contribution is 7.90. The maximum atomic E-state index is 12.6. The second kappa shape index (κ2) is 7.65. The first kappa shape index (κ1) is 20.2. The Kier molecular flexibility index (Phi) is 4.99. The van der Waals surface area contributed by atoms with Crippen LogP contribution in [0.1, 0.15) is 10.4 Å². The second-order valence-electron chi connectivity index (χ2n) is 6.69. The largest absolute Gasteiger partial charge is 0.478 e. The minimum atomic E-state index is -3.42. The third-order valence-electron chi connectivity index (χ3n) is 4.57. The molecule has 0 aliphatic heterocycles. The molecule has 0 amide bonds. The number of hydrogen-bond acceptors (Lipinski definition) is 6. The fourth-order valence-corrected chi connectivity index (χ4v) is 3.76. The van der Waals surface area contributed by atoms with Gasteiger partial charge in [-0.3, -0.25) is 4.79 Å². The number of aromatic nitrogens is 4. The van der Waals surface area contributed by atoms with Crippen LogP contribution in [-0.4, -0.2) is 45.3 Å². The summed E-state index contributed by atoms with van der Waals surface area (Å²) in [5.41, 5.74) is 0.679. The fourth-order valence-electron chi connectivity index (χ4n) is 3.10. The van der Waals surface area contributed by atoms with Gasteiger partial charge in [-0.15, -0.1) is 0 Å². The standard InChI is InChI=1S/C21H16N4O5S/c1-31(29,30)15-6-4-5-14(13-15)24-12-10-19(26)20(23-24)18-9-11-22-25(18)17-8-3-2-7-16(17)21(27)28/h2-13H,1H3,(H,27,28). The third kappa shape index (κ3) is 3.88. The molecule has 0 aliphatic carbocycles. The van der Waals surface area contributed by atoms with E-state index in [0.29, 0.717) is 11.4 Å². The Hall–Kier alpha value is -4.05. The van der Waals surface area contributed by atoms with Gasteiger partial charge in [0, 0.05) is 18.5 Å². The molecule has 4 aromatic rings. The van der Waals surface area contributed by atoms with E-state index < -0.39 is 21.2 Å². The number of nitrogens with zero attached hydrogens (tertiary/aromatic N) is 4. The lowest BCUT2D eigenvalue weighted by molar-refractivity contribution is 0.0696. The van der Waals surface area contributed by atoms with Crippen LogP contribution in [-0.2, 0) is 9.84 Å². The van der Waals surface area contributed by atoms with Crippen LogP contribution in [0.4, 0.5) is 0 Å². The monoisotopic (exact) mass is 436 g/mol. The smallest absolute Gasteiger partial charge is 0.337 e. The van der Waals surface area contributed by atoms with E-state index >= 15 is 0 Å².